The molecule has 2 N–H and O–H groups in total. The topological polar surface area (TPSA) is 66.8 Å². The van der Waals surface area contributed by atoms with Crippen LogP contribution in [0.2, 0.25) is 0 Å². The summed E-state index contributed by atoms with van der Waals surface area (Å²) in [5, 5.41) is 18.1. The molecule has 0 aliphatic carbocycles. The molecular weight excluding hydrogens is 268 g/mol. The van der Waals surface area contributed by atoms with E-state index < -0.39 is 12.1 Å². The maximum atomic E-state index is 10.5. The Morgan fingerprint density at radius 1 is 1.00 bits per heavy atom. The number of benzene rings is 2. The van der Waals surface area contributed by atoms with Gasteiger partial charge in [0, 0.05) is 0 Å². The average Bonchev–Trinajstić information content (AvgIpc) is 2.47. The molecular formula is C17H18O4. The lowest BCUT2D eigenvalue weighted by Gasteiger charge is -2.09. The van der Waals surface area contributed by atoms with Crippen molar-refractivity contribution in [2.75, 3.05) is 0 Å². The number of para-hydroxylation sites is 1. The third-order valence-corrected chi connectivity index (χ3v) is 3.08. The number of aryl methyl sites for hydroxylation is 1. The highest BCUT2D eigenvalue weighted by atomic mass is 16.5. The van der Waals surface area contributed by atoms with E-state index in [1.807, 2.05) is 54.6 Å². The maximum absolute atomic E-state index is 10.5. The maximum Gasteiger partial charge on any atom is 0.305 e. The van der Waals surface area contributed by atoms with E-state index in [9.17, 15) is 9.90 Å². The monoisotopic (exact) mass is 286 g/mol. The number of carbonyl (C=O) groups is 1. The minimum absolute atomic E-state index is 0.213. The molecule has 2 rings (SSSR count). The zero-order valence-corrected chi connectivity index (χ0v) is 11.6. The van der Waals surface area contributed by atoms with Crippen molar-refractivity contribution < 1.29 is 19.7 Å². The van der Waals surface area contributed by atoms with Gasteiger partial charge in [0.25, 0.3) is 0 Å². The predicted octanol–water partition coefficient (Wildman–Crippen LogP) is 3.25. The quantitative estimate of drug-likeness (QED) is 0.820. The Labute approximate surface area is 123 Å². The predicted molar refractivity (Wildman–Crippen MR) is 79.5 cm³/mol. The Balaban J connectivity index is 1.86. The van der Waals surface area contributed by atoms with E-state index in [0.717, 1.165) is 17.1 Å². The first kappa shape index (κ1) is 15.1. The van der Waals surface area contributed by atoms with Crippen molar-refractivity contribution >= 4 is 5.97 Å². The van der Waals surface area contributed by atoms with Crippen LogP contribution in [0.15, 0.2) is 54.6 Å². The molecule has 0 fully saturated rings. The van der Waals surface area contributed by atoms with Crippen molar-refractivity contribution in [1.29, 1.82) is 0 Å². The molecule has 0 bridgehead atoms. The molecule has 4 heteroatoms. The number of aliphatic hydroxyl groups excluding tert-OH is 1. The lowest BCUT2D eigenvalue weighted by molar-refractivity contribution is -0.139. The molecule has 0 saturated carbocycles. The van der Waals surface area contributed by atoms with Crippen LogP contribution < -0.4 is 4.74 Å². The zero-order chi connectivity index (χ0) is 15.1. The highest BCUT2D eigenvalue weighted by Gasteiger charge is 2.09. The number of hydrogen-bond donors (Lipinski definition) is 2. The van der Waals surface area contributed by atoms with Gasteiger partial charge in [-0.1, -0.05) is 30.3 Å². The first-order valence-corrected chi connectivity index (χ1v) is 6.85. The summed E-state index contributed by atoms with van der Waals surface area (Å²) in [5.41, 5.74) is 1.04. The van der Waals surface area contributed by atoms with Gasteiger partial charge in [-0.2, -0.15) is 0 Å². The van der Waals surface area contributed by atoms with Gasteiger partial charge in [0.05, 0.1) is 12.5 Å². The Morgan fingerprint density at radius 3 is 2.24 bits per heavy atom. The summed E-state index contributed by atoms with van der Waals surface area (Å²) in [6.45, 7) is 0. The minimum atomic E-state index is -0.978. The SMILES string of the molecule is O=C(O)CC(O)CCc1ccc(Oc2ccccc2)cc1. The average molecular weight is 286 g/mol. The van der Waals surface area contributed by atoms with Crippen LogP contribution in [0.4, 0.5) is 0 Å². The van der Waals surface area contributed by atoms with Crippen LogP contribution in [0.5, 0.6) is 11.5 Å². The molecule has 0 radical (unpaired) electrons. The van der Waals surface area contributed by atoms with Crippen LogP contribution in [-0.4, -0.2) is 22.3 Å². The van der Waals surface area contributed by atoms with Crippen molar-refractivity contribution in [2.45, 2.75) is 25.4 Å². The number of hydrogen-bond acceptors (Lipinski definition) is 3. The Morgan fingerprint density at radius 2 is 1.62 bits per heavy atom. The van der Waals surface area contributed by atoms with Gasteiger partial charge < -0.3 is 14.9 Å². The zero-order valence-electron chi connectivity index (χ0n) is 11.6. The van der Waals surface area contributed by atoms with Gasteiger partial charge in [-0.25, -0.2) is 0 Å². The van der Waals surface area contributed by atoms with Crippen molar-refractivity contribution in [1.82, 2.24) is 0 Å². The molecule has 1 unspecified atom stereocenters. The number of ether oxygens (including phenoxy) is 1. The molecule has 1 atom stereocenters. The van der Waals surface area contributed by atoms with Gasteiger partial charge in [-0.3, -0.25) is 4.79 Å². The van der Waals surface area contributed by atoms with Gasteiger partial charge in [-0.05, 0) is 42.7 Å². The fourth-order valence-corrected chi connectivity index (χ4v) is 1.99. The first-order valence-electron chi connectivity index (χ1n) is 6.85. The molecule has 0 spiro atoms. The number of aliphatic hydroxyl groups is 1. The number of aliphatic carboxylic acids is 1. The third-order valence-electron chi connectivity index (χ3n) is 3.08. The highest BCUT2D eigenvalue weighted by molar-refractivity contribution is 5.67. The van der Waals surface area contributed by atoms with E-state index in [1.54, 1.807) is 0 Å². The summed E-state index contributed by atoms with van der Waals surface area (Å²) in [7, 11) is 0. The van der Waals surface area contributed by atoms with Gasteiger partial charge in [0.2, 0.25) is 0 Å². The van der Waals surface area contributed by atoms with E-state index in [0.29, 0.717) is 12.8 Å². The van der Waals surface area contributed by atoms with Gasteiger partial charge >= 0.3 is 5.97 Å². The normalized spacial score (nSPS) is 11.9. The molecule has 2 aromatic carbocycles. The lowest BCUT2D eigenvalue weighted by atomic mass is 10.1. The summed E-state index contributed by atoms with van der Waals surface area (Å²) < 4.78 is 5.68. The first-order chi connectivity index (χ1) is 10.1. The molecule has 0 aromatic heterocycles. The molecule has 0 amide bonds. The van der Waals surface area contributed by atoms with Gasteiger partial charge in [0.15, 0.2) is 0 Å². The van der Waals surface area contributed by atoms with Crippen LogP contribution >= 0.6 is 0 Å². The molecule has 2 aromatic rings. The number of rotatable bonds is 7. The second-order valence-corrected chi connectivity index (χ2v) is 4.85. The number of carboxylic acid groups (broad SMARTS) is 1. The fourth-order valence-electron chi connectivity index (χ4n) is 1.99. The summed E-state index contributed by atoms with van der Waals surface area (Å²) in [4.78, 5) is 10.5. The summed E-state index contributed by atoms with van der Waals surface area (Å²) >= 11 is 0. The Kier molecular flexibility index (Phi) is 5.35. The second-order valence-electron chi connectivity index (χ2n) is 4.85. The fraction of sp³-hybridized carbons (Fsp3) is 0.235. The van der Waals surface area contributed by atoms with Gasteiger partial charge in [-0.15, -0.1) is 0 Å². The van der Waals surface area contributed by atoms with Crippen molar-refractivity contribution in [3.05, 3.63) is 60.2 Å². The Bertz CT molecular complexity index is 563. The van der Waals surface area contributed by atoms with Crippen LogP contribution in [0, 0.1) is 0 Å². The van der Waals surface area contributed by atoms with Crippen LogP contribution in [0.25, 0.3) is 0 Å². The smallest absolute Gasteiger partial charge is 0.305 e. The molecule has 0 aliphatic heterocycles. The van der Waals surface area contributed by atoms with Crippen molar-refractivity contribution in [2.24, 2.45) is 0 Å². The van der Waals surface area contributed by atoms with E-state index in [4.69, 9.17) is 9.84 Å². The summed E-state index contributed by atoms with van der Waals surface area (Å²) in [6.07, 6.45) is 0.0585. The van der Waals surface area contributed by atoms with E-state index in [-0.39, 0.29) is 6.42 Å². The minimum Gasteiger partial charge on any atom is -0.481 e. The second kappa shape index (κ2) is 7.45. The highest BCUT2D eigenvalue weighted by Crippen LogP contribution is 2.21. The number of carboxylic acids is 1. The van der Waals surface area contributed by atoms with Crippen LogP contribution in [0.1, 0.15) is 18.4 Å². The van der Waals surface area contributed by atoms with E-state index in [2.05, 4.69) is 0 Å². The van der Waals surface area contributed by atoms with Crippen molar-refractivity contribution in [3.63, 3.8) is 0 Å². The standard InChI is InChI=1S/C17H18O4/c18-14(12-17(19)20)9-6-13-7-10-16(11-8-13)21-15-4-2-1-3-5-15/h1-5,7-8,10-11,14,18H,6,9,12H2,(H,19,20). The molecule has 0 heterocycles. The lowest BCUT2D eigenvalue weighted by Crippen LogP contribution is -2.13. The largest absolute Gasteiger partial charge is 0.481 e. The molecule has 110 valence electrons. The van der Waals surface area contributed by atoms with Crippen LogP contribution in [-0.2, 0) is 11.2 Å². The summed E-state index contributed by atoms with van der Waals surface area (Å²) in [6, 6.07) is 17.1. The summed E-state index contributed by atoms with van der Waals surface area (Å²) in [5.74, 6) is 0.548. The van der Waals surface area contributed by atoms with Crippen LogP contribution in [0.3, 0.4) is 0 Å². The molecule has 0 saturated heterocycles. The third kappa shape index (κ3) is 5.28. The Hall–Kier alpha value is -2.33. The molecule has 4 nitrogen and oxygen atoms in total. The van der Waals surface area contributed by atoms with Crippen molar-refractivity contribution in [3.8, 4) is 11.5 Å². The van der Waals surface area contributed by atoms with Gasteiger partial charge in [0.1, 0.15) is 11.5 Å². The molecule has 0 aliphatic rings. The van der Waals surface area contributed by atoms with E-state index in [1.165, 1.54) is 0 Å². The molecule has 21 heavy (non-hydrogen) atoms. The van der Waals surface area contributed by atoms with E-state index >= 15 is 0 Å².